The molecule has 0 unspecified atom stereocenters. The van der Waals surface area contributed by atoms with Crippen molar-refractivity contribution in [3.8, 4) is 5.82 Å². The molecule has 1 aromatic carbocycles. The van der Waals surface area contributed by atoms with Crippen LogP contribution in [0.1, 0.15) is 16.3 Å². The molecule has 0 atom stereocenters. The quantitative estimate of drug-likeness (QED) is 0.518. The first-order valence-corrected chi connectivity index (χ1v) is 9.79. The van der Waals surface area contributed by atoms with Crippen molar-refractivity contribution in [1.29, 1.82) is 0 Å². The second-order valence-corrected chi connectivity index (χ2v) is 7.11. The van der Waals surface area contributed by atoms with Crippen molar-refractivity contribution in [2.24, 2.45) is 0 Å². The molecule has 9 heteroatoms. The molecule has 150 valence electrons. The SMILES string of the molecule is Cc1nc(N2CCN(C(=O)c3cnc4ccccc4n3)CC2)cc(-n2cccn2)n1. The first-order valence-electron chi connectivity index (χ1n) is 9.79. The number of anilines is 1. The van der Waals surface area contributed by atoms with Crippen LogP contribution in [0.2, 0.25) is 0 Å². The molecule has 0 N–H and O–H groups in total. The van der Waals surface area contributed by atoms with E-state index < -0.39 is 0 Å². The number of amides is 1. The predicted molar refractivity (Wildman–Crippen MR) is 112 cm³/mol. The number of piperazine rings is 1. The summed E-state index contributed by atoms with van der Waals surface area (Å²) < 4.78 is 1.72. The van der Waals surface area contributed by atoms with Crippen molar-refractivity contribution in [1.82, 2.24) is 34.6 Å². The fourth-order valence-electron chi connectivity index (χ4n) is 3.58. The van der Waals surface area contributed by atoms with Crippen molar-refractivity contribution in [2.75, 3.05) is 31.1 Å². The van der Waals surface area contributed by atoms with Gasteiger partial charge in [0, 0.05) is 44.6 Å². The van der Waals surface area contributed by atoms with Gasteiger partial charge in [0.25, 0.3) is 5.91 Å². The molecule has 4 heterocycles. The van der Waals surface area contributed by atoms with Gasteiger partial charge in [-0.15, -0.1) is 0 Å². The van der Waals surface area contributed by atoms with Crippen molar-refractivity contribution in [3.05, 3.63) is 66.5 Å². The van der Waals surface area contributed by atoms with Crippen LogP contribution in [0.4, 0.5) is 5.82 Å². The molecule has 1 aliphatic heterocycles. The normalized spacial score (nSPS) is 14.3. The maximum absolute atomic E-state index is 12.9. The first kappa shape index (κ1) is 18.2. The van der Waals surface area contributed by atoms with E-state index in [1.54, 1.807) is 17.1 Å². The van der Waals surface area contributed by atoms with Gasteiger partial charge in [-0.3, -0.25) is 9.78 Å². The molecule has 1 aliphatic rings. The summed E-state index contributed by atoms with van der Waals surface area (Å²) >= 11 is 0. The van der Waals surface area contributed by atoms with E-state index in [0.717, 1.165) is 22.7 Å². The third-order valence-electron chi connectivity index (χ3n) is 5.11. The molecule has 1 fully saturated rings. The van der Waals surface area contributed by atoms with E-state index in [2.05, 4.69) is 29.9 Å². The highest BCUT2D eigenvalue weighted by molar-refractivity contribution is 5.94. The number of benzene rings is 1. The van der Waals surface area contributed by atoms with Crippen molar-refractivity contribution in [2.45, 2.75) is 6.92 Å². The number of hydrogen-bond donors (Lipinski definition) is 0. The highest BCUT2D eigenvalue weighted by atomic mass is 16.2. The molecule has 0 bridgehead atoms. The van der Waals surface area contributed by atoms with Crippen LogP contribution >= 0.6 is 0 Å². The van der Waals surface area contributed by atoms with Gasteiger partial charge in [0.2, 0.25) is 0 Å². The van der Waals surface area contributed by atoms with E-state index in [0.29, 0.717) is 37.7 Å². The number of nitrogens with zero attached hydrogens (tertiary/aromatic N) is 8. The molecule has 0 spiro atoms. The summed E-state index contributed by atoms with van der Waals surface area (Å²) in [5.74, 6) is 2.16. The fraction of sp³-hybridized carbons (Fsp3) is 0.238. The smallest absolute Gasteiger partial charge is 0.274 e. The van der Waals surface area contributed by atoms with E-state index in [4.69, 9.17) is 0 Å². The standard InChI is InChI=1S/C21H20N8O/c1-15-24-19(13-20(25-15)29-8-4-7-23-29)27-9-11-28(12-10-27)21(30)18-14-22-16-5-2-3-6-17(16)26-18/h2-8,13-14H,9-12H2,1H3. The van der Waals surface area contributed by atoms with Crippen LogP contribution < -0.4 is 4.90 Å². The van der Waals surface area contributed by atoms with Crippen LogP contribution in [0.15, 0.2) is 55.0 Å². The van der Waals surface area contributed by atoms with Gasteiger partial charge in [0.15, 0.2) is 5.82 Å². The summed E-state index contributed by atoms with van der Waals surface area (Å²) in [5.41, 5.74) is 1.89. The molecule has 5 rings (SSSR count). The van der Waals surface area contributed by atoms with Crippen LogP contribution in [0.3, 0.4) is 0 Å². The summed E-state index contributed by atoms with van der Waals surface area (Å²) in [5, 5.41) is 4.25. The van der Waals surface area contributed by atoms with E-state index >= 15 is 0 Å². The molecule has 3 aromatic heterocycles. The van der Waals surface area contributed by atoms with Gasteiger partial charge >= 0.3 is 0 Å². The molecule has 1 amide bonds. The van der Waals surface area contributed by atoms with Crippen molar-refractivity contribution >= 4 is 22.8 Å². The third kappa shape index (κ3) is 3.45. The van der Waals surface area contributed by atoms with Crippen LogP contribution in [0, 0.1) is 6.92 Å². The summed E-state index contributed by atoms with van der Waals surface area (Å²) in [6, 6.07) is 11.3. The highest BCUT2D eigenvalue weighted by Gasteiger charge is 2.24. The van der Waals surface area contributed by atoms with Crippen molar-refractivity contribution in [3.63, 3.8) is 0 Å². The topological polar surface area (TPSA) is 92.9 Å². The van der Waals surface area contributed by atoms with Crippen molar-refractivity contribution < 1.29 is 4.79 Å². The first-order chi connectivity index (χ1) is 14.7. The van der Waals surface area contributed by atoms with E-state index in [-0.39, 0.29) is 5.91 Å². The Morgan fingerprint density at radius 1 is 0.933 bits per heavy atom. The largest absolute Gasteiger partial charge is 0.353 e. The maximum Gasteiger partial charge on any atom is 0.274 e. The Hall–Kier alpha value is -3.88. The lowest BCUT2D eigenvalue weighted by atomic mass is 10.2. The second kappa shape index (κ2) is 7.51. The molecule has 1 saturated heterocycles. The third-order valence-corrected chi connectivity index (χ3v) is 5.11. The van der Waals surface area contributed by atoms with Gasteiger partial charge in [0.1, 0.15) is 17.3 Å². The number of carbonyl (C=O) groups is 1. The summed E-state index contributed by atoms with van der Waals surface area (Å²) in [6.07, 6.45) is 5.13. The highest BCUT2D eigenvalue weighted by Crippen LogP contribution is 2.18. The van der Waals surface area contributed by atoms with Gasteiger partial charge < -0.3 is 9.80 Å². The Labute approximate surface area is 173 Å². The lowest BCUT2D eigenvalue weighted by molar-refractivity contribution is 0.0740. The minimum atomic E-state index is -0.0935. The average molecular weight is 400 g/mol. The number of rotatable bonds is 3. The Morgan fingerprint density at radius 2 is 1.70 bits per heavy atom. The zero-order valence-electron chi connectivity index (χ0n) is 16.5. The lowest BCUT2D eigenvalue weighted by Crippen LogP contribution is -2.49. The average Bonchev–Trinajstić information content (AvgIpc) is 3.33. The number of aryl methyl sites for hydroxylation is 1. The summed E-state index contributed by atoms with van der Waals surface area (Å²) in [4.78, 5) is 34.8. The minimum Gasteiger partial charge on any atom is -0.353 e. The monoisotopic (exact) mass is 400 g/mol. The van der Waals surface area contributed by atoms with E-state index in [1.165, 1.54) is 0 Å². The molecular formula is C21H20N8O. The van der Waals surface area contributed by atoms with Crippen LogP contribution in [0.25, 0.3) is 16.9 Å². The molecule has 4 aromatic rings. The van der Waals surface area contributed by atoms with Gasteiger partial charge in [0.05, 0.1) is 17.2 Å². The molecule has 0 aliphatic carbocycles. The number of fused-ring (bicyclic) bond motifs is 1. The zero-order valence-corrected chi connectivity index (χ0v) is 16.5. The number of aromatic nitrogens is 6. The molecule has 30 heavy (non-hydrogen) atoms. The second-order valence-electron chi connectivity index (χ2n) is 7.11. The number of para-hydroxylation sites is 2. The zero-order chi connectivity index (χ0) is 20.5. The van der Waals surface area contributed by atoms with Gasteiger partial charge in [-0.1, -0.05) is 12.1 Å². The van der Waals surface area contributed by atoms with Gasteiger partial charge in [-0.2, -0.15) is 5.10 Å². The minimum absolute atomic E-state index is 0.0935. The molecule has 0 saturated carbocycles. The number of carbonyl (C=O) groups excluding carboxylic acids is 1. The molecular weight excluding hydrogens is 380 g/mol. The Balaban J connectivity index is 1.31. The van der Waals surface area contributed by atoms with Gasteiger partial charge in [-0.25, -0.2) is 19.6 Å². The van der Waals surface area contributed by atoms with E-state index in [1.807, 2.05) is 54.4 Å². The number of hydrogen-bond acceptors (Lipinski definition) is 7. The van der Waals surface area contributed by atoms with Crippen LogP contribution in [0.5, 0.6) is 0 Å². The van der Waals surface area contributed by atoms with Gasteiger partial charge in [-0.05, 0) is 25.1 Å². The maximum atomic E-state index is 12.9. The Morgan fingerprint density at radius 3 is 2.47 bits per heavy atom. The van der Waals surface area contributed by atoms with E-state index in [9.17, 15) is 4.79 Å². The Kier molecular flexibility index (Phi) is 4.55. The fourth-order valence-corrected chi connectivity index (χ4v) is 3.58. The van der Waals surface area contributed by atoms with Crippen LogP contribution in [-0.4, -0.2) is 66.7 Å². The predicted octanol–water partition coefficient (Wildman–Crippen LogP) is 1.88. The molecule has 9 nitrogen and oxygen atoms in total. The summed E-state index contributed by atoms with van der Waals surface area (Å²) in [6.45, 7) is 4.42. The van der Waals surface area contributed by atoms with Crippen LogP contribution in [-0.2, 0) is 0 Å². The summed E-state index contributed by atoms with van der Waals surface area (Å²) in [7, 11) is 0. The lowest BCUT2D eigenvalue weighted by Gasteiger charge is -2.35. The molecule has 0 radical (unpaired) electrons. The Bertz CT molecular complexity index is 1200.